The fourth-order valence-electron chi connectivity index (χ4n) is 2.21. The van der Waals surface area contributed by atoms with Crippen molar-refractivity contribution in [1.29, 1.82) is 0 Å². The molecule has 0 fully saturated rings. The number of nitrogens with one attached hydrogen (secondary N) is 1. The Bertz CT molecular complexity index is 674. The zero-order chi connectivity index (χ0) is 18.1. The molecule has 0 spiro atoms. The number of hydrogen-bond donors (Lipinski definition) is 1. The molecule has 1 N–H and O–H groups in total. The Labute approximate surface area is 173 Å². The molecule has 0 bridgehead atoms. The molecule has 0 saturated carbocycles. The maximum Gasteiger partial charge on any atom is 0.209 e. The van der Waals surface area contributed by atoms with Crippen LogP contribution in [0.25, 0.3) is 0 Å². The molecule has 0 aliphatic heterocycles. The van der Waals surface area contributed by atoms with E-state index in [2.05, 4.69) is 42.8 Å². The van der Waals surface area contributed by atoms with E-state index >= 15 is 0 Å². The van der Waals surface area contributed by atoms with Gasteiger partial charge in [0.2, 0.25) is 5.16 Å². The average molecular weight is 467 g/mol. The van der Waals surface area contributed by atoms with Crippen molar-refractivity contribution in [3.63, 3.8) is 0 Å². The Kier molecular flexibility index (Phi) is 11.0. The summed E-state index contributed by atoms with van der Waals surface area (Å²) in [6, 6.07) is 4.10. The van der Waals surface area contributed by atoms with E-state index in [-0.39, 0.29) is 12.4 Å². The number of thioether (sulfide) groups is 1. The number of halogens is 2. The molecule has 0 aliphatic carbocycles. The largest absolute Gasteiger partial charge is 0.490 e. The van der Waals surface area contributed by atoms with Gasteiger partial charge in [-0.2, -0.15) is 0 Å². The van der Waals surface area contributed by atoms with E-state index in [0.717, 1.165) is 52.0 Å². The van der Waals surface area contributed by atoms with E-state index in [0.29, 0.717) is 13.2 Å². The van der Waals surface area contributed by atoms with Gasteiger partial charge in [-0.1, -0.05) is 11.8 Å². The highest BCUT2D eigenvalue weighted by atomic mass is 79.9. The van der Waals surface area contributed by atoms with Gasteiger partial charge < -0.3 is 14.8 Å². The van der Waals surface area contributed by atoms with Crippen LogP contribution in [0.4, 0.5) is 0 Å². The molecule has 1 aromatic carbocycles. The number of rotatable bonds is 11. The van der Waals surface area contributed by atoms with Crippen molar-refractivity contribution in [3.8, 4) is 11.5 Å². The molecule has 0 atom stereocenters. The monoisotopic (exact) mass is 465 g/mol. The van der Waals surface area contributed by atoms with Crippen molar-refractivity contribution in [2.75, 3.05) is 25.5 Å². The van der Waals surface area contributed by atoms with Crippen LogP contribution in [0, 0.1) is 0 Å². The smallest absolute Gasteiger partial charge is 0.209 e. The topological polar surface area (TPSA) is 74.1 Å². The van der Waals surface area contributed by atoms with Crippen LogP contribution in [0.1, 0.15) is 25.8 Å². The molecule has 2 rings (SSSR count). The van der Waals surface area contributed by atoms with Gasteiger partial charge >= 0.3 is 0 Å². The summed E-state index contributed by atoms with van der Waals surface area (Å²) in [5, 5.41) is 15.7. The van der Waals surface area contributed by atoms with Crippen LogP contribution in [0.3, 0.4) is 0 Å². The Morgan fingerprint density at radius 3 is 2.65 bits per heavy atom. The van der Waals surface area contributed by atoms with Crippen LogP contribution < -0.4 is 14.8 Å². The number of nitrogens with zero attached hydrogens (tertiary/aromatic N) is 4. The summed E-state index contributed by atoms with van der Waals surface area (Å²) in [5.74, 6) is 2.51. The third kappa shape index (κ3) is 6.94. The van der Waals surface area contributed by atoms with E-state index in [1.807, 2.05) is 27.0 Å². The summed E-state index contributed by atoms with van der Waals surface area (Å²) >= 11 is 5.24. The fourth-order valence-corrected chi connectivity index (χ4v) is 3.60. The second kappa shape index (κ2) is 12.4. The van der Waals surface area contributed by atoms with Crippen LogP contribution in [0.15, 0.2) is 21.8 Å². The molecule has 10 heteroatoms. The molecule has 146 valence electrons. The number of aromatic nitrogens is 4. The molecule has 0 aliphatic rings. The minimum Gasteiger partial charge on any atom is -0.490 e. The van der Waals surface area contributed by atoms with Gasteiger partial charge in [-0.3, -0.25) is 0 Å². The second-order valence-electron chi connectivity index (χ2n) is 5.23. The molecule has 7 nitrogen and oxygen atoms in total. The summed E-state index contributed by atoms with van der Waals surface area (Å²) in [4.78, 5) is 0. The van der Waals surface area contributed by atoms with Gasteiger partial charge in [0.1, 0.15) is 0 Å². The van der Waals surface area contributed by atoms with Crippen molar-refractivity contribution in [2.45, 2.75) is 32.0 Å². The summed E-state index contributed by atoms with van der Waals surface area (Å²) in [7, 11) is 1.85. The highest BCUT2D eigenvalue weighted by Crippen LogP contribution is 2.36. The summed E-state index contributed by atoms with van der Waals surface area (Å²) in [6.07, 6.45) is 1.04. The minimum atomic E-state index is 0. The highest BCUT2D eigenvalue weighted by molar-refractivity contribution is 9.10. The van der Waals surface area contributed by atoms with Crippen molar-refractivity contribution >= 4 is 40.1 Å². The Morgan fingerprint density at radius 2 is 2.00 bits per heavy atom. The number of hydrogen-bond acceptors (Lipinski definition) is 7. The van der Waals surface area contributed by atoms with Gasteiger partial charge in [0.05, 0.1) is 17.7 Å². The second-order valence-corrected chi connectivity index (χ2v) is 7.15. The Morgan fingerprint density at radius 1 is 1.23 bits per heavy atom. The maximum atomic E-state index is 5.70. The van der Waals surface area contributed by atoms with E-state index in [9.17, 15) is 0 Å². The van der Waals surface area contributed by atoms with Crippen LogP contribution in [0.5, 0.6) is 11.5 Å². The molecule has 1 heterocycles. The minimum absolute atomic E-state index is 0. The predicted molar refractivity (Wildman–Crippen MR) is 110 cm³/mol. The van der Waals surface area contributed by atoms with Crippen LogP contribution in [-0.2, 0) is 13.6 Å². The molecule has 0 saturated heterocycles. The normalized spacial score (nSPS) is 10.5. The number of tetrazole rings is 1. The zero-order valence-corrected chi connectivity index (χ0v) is 18.4. The first-order chi connectivity index (χ1) is 12.2. The van der Waals surface area contributed by atoms with E-state index in [4.69, 9.17) is 9.47 Å². The standard InChI is InChI=1S/C16H24BrN5O2S.ClH/c1-4-23-14-10-12(9-13(17)15(14)24-5-2)11-18-7-6-8-25-16-19-20-21-22(16)3;/h9-10,18H,4-8,11H2,1-3H3;1H. The molecule has 0 amide bonds. The third-order valence-corrected chi connectivity index (χ3v) is 4.98. The fraction of sp³-hybridized carbons (Fsp3) is 0.562. The maximum absolute atomic E-state index is 5.70. The lowest BCUT2D eigenvalue weighted by molar-refractivity contribution is 0.286. The first-order valence-corrected chi connectivity index (χ1v) is 10.1. The van der Waals surface area contributed by atoms with Gasteiger partial charge in [0, 0.05) is 19.3 Å². The van der Waals surface area contributed by atoms with Crippen molar-refractivity contribution in [3.05, 3.63) is 22.2 Å². The molecule has 2 aromatic rings. The quantitative estimate of drug-likeness (QED) is 0.401. The van der Waals surface area contributed by atoms with Crippen molar-refractivity contribution < 1.29 is 9.47 Å². The lowest BCUT2D eigenvalue weighted by Crippen LogP contribution is -2.15. The predicted octanol–water partition coefficient (Wildman–Crippen LogP) is 3.46. The Hall–Kier alpha value is -1.03. The summed E-state index contributed by atoms with van der Waals surface area (Å²) in [6.45, 7) is 6.85. The van der Waals surface area contributed by atoms with E-state index in [1.54, 1.807) is 16.4 Å². The summed E-state index contributed by atoms with van der Waals surface area (Å²) < 4.78 is 14.0. The molecule has 1 aromatic heterocycles. The summed E-state index contributed by atoms with van der Waals surface area (Å²) in [5.41, 5.74) is 1.16. The molecular weight excluding hydrogens is 442 g/mol. The van der Waals surface area contributed by atoms with Gasteiger partial charge in [-0.05, 0) is 70.9 Å². The van der Waals surface area contributed by atoms with Crippen LogP contribution in [-0.4, -0.2) is 45.7 Å². The van der Waals surface area contributed by atoms with Crippen molar-refractivity contribution in [2.24, 2.45) is 7.05 Å². The number of benzene rings is 1. The van der Waals surface area contributed by atoms with E-state index in [1.165, 1.54) is 0 Å². The SMILES string of the molecule is CCOc1cc(CNCCCSc2nnnn2C)cc(Br)c1OCC.Cl. The lowest BCUT2D eigenvalue weighted by atomic mass is 10.2. The molecular formula is C16H25BrClN5O2S. The number of ether oxygens (including phenoxy) is 2. The first-order valence-electron chi connectivity index (χ1n) is 8.29. The Balaban J connectivity index is 0.00000338. The molecule has 0 radical (unpaired) electrons. The van der Waals surface area contributed by atoms with Gasteiger partial charge in [-0.25, -0.2) is 4.68 Å². The highest BCUT2D eigenvalue weighted by Gasteiger charge is 2.11. The number of aryl methyl sites for hydroxylation is 1. The van der Waals surface area contributed by atoms with Crippen molar-refractivity contribution in [1.82, 2.24) is 25.5 Å². The van der Waals surface area contributed by atoms with E-state index < -0.39 is 0 Å². The van der Waals surface area contributed by atoms with Gasteiger partial charge in [0.15, 0.2) is 11.5 Å². The zero-order valence-electron chi connectivity index (χ0n) is 15.2. The first kappa shape index (κ1) is 23.0. The average Bonchev–Trinajstić information content (AvgIpc) is 2.99. The lowest BCUT2D eigenvalue weighted by Gasteiger charge is -2.15. The van der Waals surface area contributed by atoms with Crippen LogP contribution >= 0.6 is 40.1 Å². The van der Waals surface area contributed by atoms with Gasteiger partial charge in [-0.15, -0.1) is 17.5 Å². The molecule has 26 heavy (non-hydrogen) atoms. The molecule has 0 unspecified atom stereocenters. The van der Waals surface area contributed by atoms with Crippen LogP contribution in [0.2, 0.25) is 0 Å². The third-order valence-electron chi connectivity index (χ3n) is 3.30. The van der Waals surface area contributed by atoms with Gasteiger partial charge in [0.25, 0.3) is 0 Å².